The predicted octanol–water partition coefficient (Wildman–Crippen LogP) is 7.63. The minimum absolute atomic E-state index is 0.254. The van der Waals surface area contributed by atoms with Crippen molar-refractivity contribution < 1.29 is 37.6 Å². The van der Waals surface area contributed by atoms with Crippen LogP contribution in [0.1, 0.15) is 122 Å². The van der Waals surface area contributed by atoms with E-state index < -0.39 is 29.3 Å². The normalized spacial score (nSPS) is 20.3. The van der Waals surface area contributed by atoms with E-state index >= 15 is 0 Å². The van der Waals surface area contributed by atoms with Crippen molar-refractivity contribution in [1.29, 1.82) is 0 Å². The van der Waals surface area contributed by atoms with Crippen LogP contribution in [-0.2, 0) is 28.4 Å². The van der Waals surface area contributed by atoms with E-state index in [2.05, 4.69) is 11.9 Å². The molecule has 2 unspecified atom stereocenters. The van der Waals surface area contributed by atoms with Crippen LogP contribution >= 0.6 is 18.3 Å². The second kappa shape index (κ2) is 20.1. The molecule has 1 aliphatic heterocycles. The standard InChI is InChI=1S/C32H57N2O7PS/c1-5-6-7-8-9-10-11-12-13-14-15-16-17-20-26-39-27-21-23-31(41-42(36,37)38)43-28-25-34(3,4)32(43,40-29(2)35)30-22-18-19-24-33-30/h18-19,22,24H,5-17,20-21,23,25-28H2,1-4H3,(H-,36,37,38)/p+1. The third kappa shape index (κ3) is 13.4. The Morgan fingerprint density at radius 3 is 2.00 bits per heavy atom. The molecule has 0 amide bonds. The zero-order chi connectivity index (χ0) is 31.6. The highest BCUT2D eigenvalue weighted by Crippen LogP contribution is 2.55. The first-order chi connectivity index (χ1) is 20.5. The number of carbonyl (C=O) groups excluding carboxylic acids is 1. The van der Waals surface area contributed by atoms with E-state index in [-0.39, 0.29) is 9.53 Å². The number of esters is 1. The van der Waals surface area contributed by atoms with Crippen molar-refractivity contribution in [2.75, 3.05) is 39.6 Å². The molecule has 1 aromatic rings. The number of pyridine rings is 1. The number of nitrogens with zero attached hydrogens (tertiary/aromatic N) is 2. The lowest BCUT2D eigenvalue weighted by Crippen LogP contribution is -2.55. The van der Waals surface area contributed by atoms with E-state index in [1.165, 1.54) is 84.0 Å². The average molecular weight is 646 g/mol. The van der Waals surface area contributed by atoms with Crippen LogP contribution in [0.2, 0.25) is 0 Å². The van der Waals surface area contributed by atoms with Gasteiger partial charge < -0.3 is 19.3 Å². The number of rotatable bonds is 22. The van der Waals surface area contributed by atoms with E-state index in [0.717, 1.165) is 12.8 Å². The lowest BCUT2D eigenvalue weighted by molar-refractivity contribution is -0.947. The van der Waals surface area contributed by atoms with Crippen molar-refractivity contribution in [2.45, 2.75) is 122 Å². The summed E-state index contributed by atoms with van der Waals surface area (Å²) in [4.78, 5) is 36.4. The Balaban J connectivity index is 1.81. The molecule has 0 bridgehead atoms. The minimum atomic E-state index is -4.83. The van der Waals surface area contributed by atoms with Crippen molar-refractivity contribution in [3.63, 3.8) is 0 Å². The highest BCUT2D eigenvalue weighted by atomic mass is 32.2. The largest absolute Gasteiger partial charge is 0.474 e. The van der Waals surface area contributed by atoms with Gasteiger partial charge in [0, 0.05) is 38.5 Å². The number of ether oxygens (including phenoxy) is 2. The van der Waals surface area contributed by atoms with Crippen LogP contribution in [-0.4, -0.2) is 69.9 Å². The topological polar surface area (TPSA) is 115 Å². The molecule has 1 fully saturated rings. The van der Waals surface area contributed by atoms with Gasteiger partial charge >= 0.3 is 18.8 Å². The fourth-order valence-electron chi connectivity index (χ4n) is 5.74. The van der Waals surface area contributed by atoms with Crippen LogP contribution in [0.4, 0.5) is 0 Å². The molecule has 43 heavy (non-hydrogen) atoms. The molecule has 2 atom stereocenters. The maximum atomic E-state index is 12.4. The van der Waals surface area contributed by atoms with Crippen LogP contribution in [0, 0.1) is 0 Å². The summed E-state index contributed by atoms with van der Waals surface area (Å²) in [6.07, 6.45) is 20.8. The van der Waals surface area contributed by atoms with Gasteiger partial charge in [-0.1, -0.05) is 96.5 Å². The Kier molecular flexibility index (Phi) is 17.8. The Morgan fingerprint density at radius 2 is 1.49 bits per heavy atom. The number of hydrogen-bond acceptors (Lipinski definition) is 6. The summed E-state index contributed by atoms with van der Waals surface area (Å²) in [6, 6.07) is 5.40. The van der Waals surface area contributed by atoms with Crippen molar-refractivity contribution >= 4 is 29.3 Å². The number of phosphoric ester groups is 1. The van der Waals surface area contributed by atoms with Gasteiger partial charge in [-0.25, -0.2) is 14.1 Å². The van der Waals surface area contributed by atoms with E-state index in [1.807, 2.05) is 20.2 Å². The Bertz CT molecular complexity index is 1020. The number of carbonyl (C=O) groups is 1. The zero-order valence-corrected chi connectivity index (χ0v) is 28.8. The molecule has 1 aliphatic rings. The molecular formula is C32H58N2O7PS+. The van der Waals surface area contributed by atoms with Crippen molar-refractivity contribution in [2.24, 2.45) is 0 Å². The van der Waals surface area contributed by atoms with E-state index in [0.29, 0.717) is 44.0 Å². The molecule has 9 nitrogen and oxygen atoms in total. The molecule has 0 radical (unpaired) electrons. The summed E-state index contributed by atoms with van der Waals surface area (Å²) in [6.45, 7) is 5.37. The van der Waals surface area contributed by atoms with Crippen molar-refractivity contribution in [1.82, 2.24) is 4.98 Å². The van der Waals surface area contributed by atoms with Crippen LogP contribution < -0.4 is 0 Å². The predicted molar refractivity (Wildman–Crippen MR) is 176 cm³/mol. The highest BCUT2D eigenvalue weighted by Gasteiger charge is 2.60. The molecule has 11 heteroatoms. The summed E-state index contributed by atoms with van der Waals surface area (Å²) in [7, 11) is -1.90. The van der Waals surface area contributed by atoms with E-state index in [1.54, 1.807) is 18.3 Å². The average Bonchev–Trinajstić information content (AvgIpc) is 3.21. The number of phosphoric acid groups is 1. The van der Waals surface area contributed by atoms with Gasteiger partial charge in [0.25, 0.3) is 0 Å². The van der Waals surface area contributed by atoms with Gasteiger partial charge in [0.15, 0.2) is 5.69 Å². The molecule has 248 valence electrons. The second-order valence-corrected chi connectivity index (χ2v) is 15.5. The zero-order valence-electron chi connectivity index (χ0n) is 27.1. The van der Waals surface area contributed by atoms with Gasteiger partial charge in [0.05, 0.1) is 25.7 Å². The van der Waals surface area contributed by atoms with Gasteiger partial charge in [0.2, 0.25) is 0 Å². The van der Waals surface area contributed by atoms with Crippen LogP contribution in [0.15, 0.2) is 24.4 Å². The molecule has 0 spiro atoms. The Labute approximate surface area is 262 Å². The maximum Gasteiger partial charge on any atom is 0.474 e. The molecular weight excluding hydrogens is 587 g/mol. The summed E-state index contributed by atoms with van der Waals surface area (Å²) in [5, 5.41) is -0.990. The van der Waals surface area contributed by atoms with Gasteiger partial charge in [-0.3, -0.25) is 9.28 Å². The number of unbranched alkanes of at least 4 members (excludes halogenated alkanes) is 13. The first-order valence-corrected chi connectivity index (χ1v) is 19.3. The van der Waals surface area contributed by atoms with E-state index in [4.69, 9.17) is 14.0 Å². The van der Waals surface area contributed by atoms with Gasteiger partial charge in [0.1, 0.15) is 0 Å². The third-order valence-electron chi connectivity index (χ3n) is 8.06. The first-order valence-electron chi connectivity index (χ1n) is 16.4. The third-order valence-corrected chi connectivity index (χ3v) is 11.5. The monoisotopic (exact) mass is 645 g/mol. The lowest BCUT2D eigenvalue weighted by atomic mass is 10.0. The fraction of sp³-hybridized carbons (Fsp3) is 0.781. The smallest absolute Gasteiger partial charge is 0.395 e. The summed E-state index contributed by atoms with van der Waals surface area (Å²) in [5.74, 6) is 0.0646. The summed E-state index contributed by atoms with van der Waals surface area (Å²) >= 11 is 0. The molecule has 1 aromatic heterocycles. The number of quaternary nitrogens is 1. The summed E-state index contributed by atoms with van der Waals surface area (Å²) < 4.78 is 29.5. The molecule has 0 saturated carbocycles. The molecule has 2 N–H and O–H groups in total. The van der Waals surface area contributed by atoms with Gasteiger partial charge in [-0.2, -0.15) is 0 Å². The Morgan fingerprint density at radius 1 is 0.930 bits per heavy atom. The first kappa shape index (κ1) is 38.1. The quantitative estimate of drug-likeness (QED) is 0.0435. The van der Waals surface area contributed by atoms with Crippen LogP contribution in [0.25, 0.3) is 0 Å². The SMILES string of the molecule is CCCCCCCCCCCCCCCCOCCCC(OP(=O)(O)O)=S1CC[N+](C)(C)C1(OC(C)=O)c1ccccn1. The van der Waals surface area contributed by atoms with Crippen LogP contribution in [0.5, 0.6) is 0 Å². The highest BCUT2D eigenvalue weighted by molar-refractivity contribution is 8.16. The van der Waals surface area contributed by atoms with Crippen LogP contribution in [0.3, 0.4) is 0 Å². The van der Waals surface area contributed by atoms with E-state index in [9.17, 15) is 19.1 Å². The lowest BCUT2D eigenvalue weighted by Gasteiger charge is -2.41. The molecule has 0 aromatic carbocycles. The van der Waals surface area contributed by atoms with Gasteiger partial charge in [-0.15, -0.1) is 0 Å². The molecule has 2 heterocycles. The number of hydrogen-bond donors (Lipinski definition) is 2. The second-order valence-electron chi connectivity index (χ2n) is 12.2. The number of aromatic nitrogens is 1. The molecule has 1 saturated heterocycles. The maximum absolute atomic E-state index is 12.4. The fourth-order valence-corrected chi connectivity index (χ4v) is 9.87. The minimum Gasteiger partial charge on any atom is -0.395 e. The van der Waals surface area contributed by atoms with Crippen molar-refractivity contribution in [3.8, 4) is 0 Å². The molecule has 0 aliphatic carbocycles. The summed E-state index contributed by atoms with van der Waals surface area (Å²) in [5.41, 5.74) is 0.539. The van der Waals surface area contributed by atoms with Gasteiger partial charge in [-0.05, 0) is 35.5 Å². The Hall–Kier alpha value is -1.13. The molecule has 2 rings (SSSR count). The van der Waals surface area contributed by atoms with Crippen molar-refractivity contribution in [3.05, 3.63) is 30.1 Å².